The van der Waals surface area contributed by atoms with Gasteiger partial charge in [0.2, 0.25) is 5.91 Å². The van der Waals surface area contributed by atoms with Crippen molar-refractivity contribution in [3.05, 3.63) is 109 Å². The highest BCUT2D eigenvalue weighted by Gasteiger charge is 2.24. The minimum absolute atomic E-state index is 0.0191. The number of nitrogens with one attached hydrogen (secondary N) is 1. The molecule has 0 fully saturated rings. The SMILES string of the molecule is CC/C=C\C/C=C\C/C=C\C/C=C\C/C=C\CCCCCC(=O)OC(CCC/C=C/C/C=C/C/C=C/C/C=C/CC)CC(=O)NC(CO)C(O)CCCCCCCCCCC. The van der Waals surface area contributed by atoms with Crippen LogP contribution in [0.4, 0.5) is 0 Å². The maximum Gasteiger partial charge on any atom is 0.306 e. The van der Waals surface area contributed by atoms with E-state index in [4.69, 9.17) is 4.74 Å². The van der Waals surface area contributed by atoms with E-state index in [1.54, 1.807) is 0 Å². The summed E-state index contributed by atoms with van der Waals surface area (Å²) in [4.78, 5) is 26.1. The van der Waals surface area contributed by atoms with Crippen LogP contribution in [0.2, 0.25) is 0 Å². The first-order valence-electron chi connectivity index (χ1n) is 24.6. The lowest BCUT2D eigenvalue weighted by Crippen LogP contribution is -2.46. The predicted molar refractivity (Wildman–Crippen MR) is 263 cm³/mol. The van der Waals surface area contributed by atoms with Crippen molar-refractivity contribution in [2.24, 2.45) is 0 Å². The first kappa shape index (κ1) is 57.5. The molecule has 3 atom stereocenters. The number of carbonyl (C=O) groups is 2. The Balaban J connectivity index is 4.74. The Hall–Kier alpha value is -3.48. The monoisotopic (exact) mass is 846 g/mol. The van der Waals surface area contributed by atoms with Crippen LogP contribution in [-0.2, 0) is 14.3 Å². The molecule has 3 unspecified atom stereocenters. The molecule has 0 aromatic carbocycles. The first-order valence-corrected chi connectivity index (χ1v) is 24.6. The van der Waals surface area contributed by atoms with Crippen LogP contribution in [0, 0.1) is 0 Å². The molecule has 0 heterocycles. The van der Waals surface area contributed by atoms with Crippen molar-refractivity contribution >= 4 is 11.9 Å². The van der Waals surface area contributed by atoms with E-state index in [0.29, 0.717) is 19.3 Å². The van der Waals surface area contributed by atoms with E-state index >= 15 is 0 Å². The van der Waals surface area contributed by atoms with E-state index in [-0.39, 0.29) is 24.9 Å². The summed E-state index contributed by atoms with van der Waals surface area (Å²) >= 11 is 0. The zero-order valence-corrected chi connectivity index (χ0v) is 39.2. The summed E-state index contributed by atoms with van der Waals surface area (Å²) in [5, 5.41) is 23.6. The van der Waals surface area contributed by atoms with Gasteiger partial charge >= 0.3 is 5.97 Å². The van der Waals surface area contributed by atoms with Crippen LogP contribution in [0.5, 0.6) is 0 Å². The molecule has 0 aliphatic heterocycles. The number of allylic oxidation sites excluding steroid dienone is 18. The number of hydrogen-bond acceptors (Lipinski definition) is 5. The third-order valence-corrected chi connectivity index (χ3v) is 10.3. The molecule has 0 aromatic heterocycles. The highest BCUT2D eigenvalue weighted by atomic mass is 16.5. The summed E-state index contributed by atoms with van der Waals surface area (Å²) in [5.41, 5.74) is 0. The fraction of sp³-hybridized carbons (Fsp3) is 0.636. The number of aliphatic hydroxyl groups is 2. The number of carbonyl (C=O) groups excluding carboxylic acids is 2. The first-order chi connectivity index (χ1) is 30.0. The Morgan fingerprint density at radius 1 is 0.492 bits per heavy atom. The zero-order valence-electron chi connectivity index (χ0n) is 39.2. The molecule has 0 aliphatic carbocycles. The summed E-state index contributed by atoms with van der Waals surface area (Å²) in [6.45, 7) is 6.19. The van der Waals surface area contributed by atoms with Crippen LogP contribution in [0.25, 0.3) is 0 Å². The van der Waals surface area contributed by atoms with Crippen molar-refractivity contribution < 1.29 is 24.5 Å². The predicted octanol–water partition coefficient (Wildman–Crippen LogP) is 14.7. The number of unbranched alkanes of at least 4 members (excludes halogenated alkanes) is 12. The summed E-state index contributed by atoms with van der Waals surface area (Å²) in [6.07, 6.45) is 64.4. The Labute approximate surface area is 375 Å². The van der Waals surface area contributed by atoms with Gasteiger partial charge in [0.1, 0.15) is 6.10 Å². The van der Waals surface area contributed by atoms with E-state index in [1.807, 2.05) is 0 Å². The standard InChI is InChI=1S/C55H91NO5/c1-4-7-10-13-16-19-21-23-25-26-27-28-29-31-33-36-39-42-45-48-55(60)61-51(46-43-40-37-35-32-30-24-22-20-17-14-11-8-5-2)49-54(59)56-52(50-57)53(58)47-44-41-38-34-18-15-12-9-6-3/h7-8,10-11,16-17,19-20,23-25,27-28,30-31,33,35,37,51-53,57-58H,4-6,9,12-15,18,21-22,26,29,32,34,36,38-50H2,1-3H3,(H,56,59)/b10-7-,11-8+,19-16-,20-17+,25-23-,28-27-,30-24+,33-31-,37-35+. The molecule has 61 heavy (non-hydrogen) atoms. The smallest absolute Gasteiger partial charge is 0.306 e. The molecule has 0 radical (unpaired) electrons. The highest BCUT2D eigenvalue weighted by molar-refractivity contribution is 5.77. The number of hydrogen-bond donors (Lipinski definition) is 3. The summed E-state index contributed by atoms with van der Waals surface area (Å²) in [7, 11) is 0. The summed E-state index contributed by atoms with van der Waals surface area (Å²) in [5.74, 6) is -0.580. The normalized spacial score (nSPS) is 14.2. The summed E-state index contributed by atoms with van der Waals surface area (Å²) < 4.78 is 5.88. The number of amides is 1. The molecule has 0 rings (SSSR count). The molecular formula is C55H91NO5. The molecule has 3 N–H and O–H groups in total. The molecule has 0 saturated carbocycles. The molecule has 6 heteroatoms. The quantitative estimate of drug-likeness (QED) is 0.0323. The molecule has 0 saturated heterocycles. The second-order valence-electron chi connectivity index (χ2n) is 16.1. The van der Waals surface area contributed by atoms with Crippen molar-refractivity contribution in [2.45, 2.75) is 219 Å². The number of ether oxygens (including phenoxy) is 1. The molecular weight excluding hydrogens is 755 g/mol. The Morgan fingerprint density at radius 2 is 0.902 bits per heavy atom. The van der Waals surface area contributed by atoms with Crippen LogP contribution in [-0.4, -0.2) is 46.9 Å². The van der Waals surface area contributed by atoms with Crippen LogP contribution in [0.15, 0.2) is 109 Å². The van der Waals surface area contributed by atoms with E-state index in [2.05, 4.69) is 135 Å². The second-order valence-corrected chi connectivity index (χ2v) is 16.1. The largest absolute Gasteiger partial charge is 0.462 e. The second kappa shape index (κ2) is 47.6. The maximum absolute atomic E-state index is 13.1. The maximum atomic E-state index is 13.1. The van der Waals surface area contributed by atoms with Crippen LogP contribution < -0.4 is 5.32 Å². The molecule has 0 bridgehead atoms. The fourth-order valence-electron chi connectivity index (χ4n) is 6.69. The minimum atomic E-state index is -0.813. The lowest BCUT2D eigenvalue weighted by atomic mass is 10.0. The summed E-state index contributed by atoms with van der Waals surface area (Å²) in [6, 6.07) is -0.731. The molecule has 0 spiro atoms. The van der Waals surface area contributed by atoms with Gasteiger partial charge in [-0.3, -0.25) is 9.59 Å². The minimum Gasteiger partial charge on any atom is -0.462 e. The Bertz CT molecular complexity index is 1270. The zero-order chi connectivity index (χ0) is 44.5. The van der Waals surface area contributed by atoms with Gasteiger partial charge in [0.05, 0.1) is 25.2 Å². The van der Waals surface area contributed by atoms with Gasteiger partial charge in [0.25, 0.3) is 0 Å². The number of rotatable bonds is 42. The third-order valence-electron chi connectivity index (χ3n) is 10.3. The van der Waals surface area contributed by atoms with Gasteiger partial charge < -0.3 is 20.3 Å². The van der Waals surface area contributed by atoms with Gasteiger partial charge in [-0.25, -0.2) is 0 Å². The Morgan fingerprint density at radius 3 is 1.36 bits per heavy atom. The van der Waals surface area contributed by atoms with Crippen LogP contribution in [0.1, 0.15) is 201 Å². The van der Waals surface area contributed by atoms with Crippen molar-refractivity contribution in [3.63, 3.8) is 0 Å². The molecule has 1 amide bonds. The van der Waals surface area contributed by atoms with E-state index in [9.17, 15) is 19.8 Å². The van der Waals surface area contributed by atoms with Gasteiger partial charge in [-0.1, -0.05) is 194 Å². The molecule has 346 valence electrons. The van der Waals surface area contributed by atoms with Crippen LogP contribution >= 0.6 is 0 Å². The number of esters is 1. The van der Waals surface area contributed by atoms with E-state index in [0.717, 1.165) is 116 Å². The fourth-order valence-corrected chi connectivity index (χ4v) is 6.69. The average molecular weight is 846 g/mol. The van der Waals surface area contributed by atoms with Gasteiger partial charge in [-0.2, -0.15) is 0 Å². The van der Waals surface area contributed by atoms with Crippen molar-refractivity contribution in [1.29, 1.82) is 0 Å². The number of aliphatic hydroxyl groups excluding tert-OH is 2. The third kappa shape index (κ3) is 43.0. The Kier molecular flexibility index (Phi) is 44.9. The lowest BCUT2D eigenvalue weighted by molar-refractivity contribution is -0.151. The lowest BCUT2D eigenvalue weighted by Gasteiger charge is -2.24. The average Bonchev–Trinajstić information content (AvgIpc) is 3.25. The van der Waals surface area contributed by atoms with Crippen molar-refractivity contribution in [3.8, 4) is 0 Å². The van der Waals surface area contributed by atoms with Crippen molar-refractivity contribution in [2.75, 3.05) is 6.61 Å². The van der Waals surface area contributed by atoms with Crippen molar-refractivity contribution in [1.82, 2.24) is 5.32 Å². The van der Waals surface area contributed by atoms with Gasteiger partial charge in [-0.05, 0) is 103 Å². The van der Waals surface area contributed by atoms with Gasteiger partial charge in [0.15, 0.2) is 0 Å². The highest BCUT2D eigenvalue weighted by Crippen LogP contribution is 2.16. The molecule has 0 aliphatic rings. The van der Waals surface area contributed by atoms with E-state index in [1.165, 1.54) is 38.5 Å². The van der Waals surface area contributed by atoms with Gasteiger partial charge in [0, 0.05) is 6.42 Å². The van der Waals surface area contributed by atoms with E-state index < -0.39 is 18.2 Å². The molecule has 6 nitrogen and oxygen atoms in total. The van der Waals surface area contributed by atoms with Gasteiger partial charge in [-0.15, -0.1) is 0 Å². The van der Waals surface area contributed by atoms with Crippen LogP contribution in [0.3, 0.4) is 0 Å². The molecule has 0 aromatic rings. The topological polar surface area (TPSA) is 95.9 Å².